The highest BCUT2D eigenvalue weighted by molar-refractivity contribution is 7.70. The summed E-state index contributed by atoms with van der Waals surface area (Å²) >= 11 is 0. The number of hydrogen-bond donors (Lipinski definition) is 0. The first kappa shape index (κ1) is 10.2. The van der Waals surface area contributed by atoms with Gasteiger partial charge in [-0.15, -0.1) is 0 Å². The summed E-state index contributed by atoms with van der Waals surface area (Å²) in [5, 5.41) is 0.598. The van der Waals surface area contributed by atoms with Gasteiger partial charge >= 0.3 is 0 Å². The van der Waals surface area contributed by atoms with E-state index in [-0.39, 0.29) is 0 Å². The summed E-state index contributed by atoms with van der Waals surface area (Å²) in [7, 11) is -0.827. The molecule has 0 saturated heterocycles. The fraction of sp³-hybridized carbons (Fsp3) is 0.500. The molecule has 0 aliphatic rings. The number of methoxy groups -OCH3 is 1. The van der Waals surface area contributed by atoms with Crippen molar-refractivity contribution in [2.75, 3.05) is 20.4 Å². The van der Waals surface area contributed by atoms with Crippen molar-refractivity contribution >= 4 is 12.4 Å². The molecule has 0 unspecified atom stereocenters. The Morgan fingerprint density at radius 2 is 2.08 bits per heavy atom. The lowest BCUT2D eigenvalue weighted by Crippen LogP contribution is -2.11. The fourth-order valence-electron chi connectivity index (χ4n) is 0.962. The molecule has 0 fully saturated rings. The van der Waals surface area contributed by atoms with Gasteiger partial charge in [0.15, 0.2) is 0 Å². The highest BCUT2D eigenvalue weighted by atomic mass is 31.2. The number of aromatic nitrogens is 2. The van der Waals surface area contributed by atoms with Crippen LogP contribution in [0.2, 0.25) is 0 Å². The molecule has 0 bridgehead atoms. The summed E-state index contributed by atoms with van der Waals surface area (Å²) in [5.74, 6) is 1.04. The summed E-state index contributed by atoms with van der Waals surface area (Å²) in [5.41, 5.74) is 0. The van der Waals surface area contributed by atoms with Crippen LogP contribution in [0.4, 0.5) is 0 Å². The molecule has 0 radical (unpaired) electrons. The van der Waals surface area contributed by atoms with E-state index in [4.69, 9.17) is 4.74 Å². The van der Waals surface area contributed by atoms with Gasteiger partial charge in [0.2, 0.25) is 5.88 Å². The molecule has 0 saturated carbocycles. The third-order valence-corrected chi connectivity index (χ3v) is 3.10. The summed E-state index contributed by atoms with van der Waals surface area (Å²) in [6, 6.07) is 0. The van der Waals surface area contributed by atoms with Crippen molar-refractivity contribution in [1.82, 2.24) is 9.97 Å². The standard InChI is InChI=1S/C8H13N2O2P/c1-6-9-5-7(13(3,4)11)8(10-6)12-2/h5H,1-4H3. The van der Waals surface area contributed by atoms with Crippen LogP contribution in [0, 0.1) is 6.92 Å². The number of hydrogen-bond acceptors (Lipinski definition) is 4. The van der Waals surface area contributed by atoms with Crippen molar-refractivity contribution in [3.63, 3.8) is 0 Å². The molecular weight excluding hydrogens is 187 g/mol. The number of aryl methyl sites for hydroxylation is 1. The van der Waals surface area contributed by atoms with E-state index in [1.165, 1.54) is 7.11 Å². The zero-order valence-corrected chi connectivity index (χ0v) is 9.13. The fourth-order valence-corrected chi connectivity index (χ4v) is 1.90. The van der Waals surface area contributed by atoms with Crippen LogP contribution >= 0.6 is 7.14 Å². The smallest absolute Gasteiger partial charge is 0.227 e. The Bertz CT molecular complexity index is 359. The molecule has 4 nitrogen and oxygen atoms in total. The first-order chi connectivity index (χ1) is 5.95. The lowest BCUT2D eigenvalue weighted by Gasteiger charge is -2.10. The van der Waals surface area contributed by atoms with Gasteiger partial charge < -0.3 is 9.30 Å². The molecule has 0 N–H and O–H groups in total. The van der Waals surface area contributed by atoms with Crippen molar-refractivity contribution in [3.8, 4) is 5.88 Å². The van der Waals surface area contributed by atoms with E-state index in [1.807, 2.05) is 0 Å². The quantitative estimate of drug-likeness (QED) is 0.669. The van der Waals surface area contributed by atoms with Gasteiger partial charge in [0.05, 0.1) is 12.4 Å². The predicted octanol–water partition coefficient (Wildman–Crippen LogP) is 1.04. The van der Waals surface area contributed by atoms with Gasteiger partial charge in [-0.2, -0.15) is 4.98 Å². The van der Waals surface area contributed by atoms with Crippen molar-refractivity contribution in [1.29, 1.82) is 0 Å². The highest BCUT2D eigenvalue weighted by Gasteiger charge is 2.18. The van der Waals surface area contributed by atoms with E-state index >= 15 is 0 Å². The Kier molecular flexibility index (Phi) is 2.71. The second kappa shape index (κ2) is 3.46. The van der Waals surface area contributed by atoms with E-state index in [1.54, 1.807) is 26.5 Å². The van der Waals surface area contributed by atoms with Gasteiger partial charge in [-0.3, -0.25) is 0 Å². The SMILES string of the molecule is COc1nc(C)ncc1P(C)(C)=O. The van der Waals surface area contributed by atoms with Crippen LogP contribution < -0.4 is 10.0 Å². The molecule has 1 heterocycles. The molecule has 0 aliphatic carbocycles. The zero-order valence-electron chi connectivity index (χ0n) is 8.24. The zero-order chi connectivity index (χ0) is 10.1. The summed E-state index contributed by atoms with van der Waals surface area (Å²) in [4.78, 5) is 8.04. The molecule has 13 heavy (non-hydrogen) atoms. The van der Waals surface area contributed by atoms with E-state index in [2.05, 4.69) is 9.97 Å². The molecule has 5 heteroatoms. The van der Waals surface area contributed by atoms with Crippen molar-refractivity contribution in [2.24, 2.45) is 0 Å². The van der Waals surface area contributed by atoms with Gasteiger partial charge in [0, 0.05) is 6.20 Å². The molecule has 1 aromatic rings. The largest absolute Gasteiger partial charge is 0.480 e. The minimum atomic E-state index is -2.34. The van der Waals surface area contributed by atoms with E-state index < -0.39 is 7.14 Å². The maximum Gasteiger partial charge on any atom is 0.227 e. The topological polar surface area (TPSA) is 52.1 Å². The minimum absolute atomic E-state index is 0.417. The molecule has 0 spiro atoms. The van der Waals surface area contributed by atoms with Crippen LogP contribution in [0.3, 0.4) is 0 Å². The molecule has 0 atom stereocenters. The van der Waals surface area contributed by atoms with Crippen LogP contribution in [-0.2, 0) is 4.57 Å². The normalized spacial score (nSPS) is 11.4. The van der Waals surface area contributed by atoms with Crippen LogP contribution in [0.1, 0.15) is 5.82 Å². The van der Waals surface area contributed by atoms with Gasteiger partial charge in [-0.1, -0.05) is 0 Å². The van der Waals surface area contributed by atoms with Crippen LogP contribution in [0.15, 0.2) is 6.20 Å². The number of rotatable bonds is 2. The Hall–Kier alpha value is -0.890. The third kappa shape index (κ3) is 2.28. The second-order valence-electron chi connectivity index (χ2n) is 3.16. The average molecular weight is 200 g/mol. The predicted molar refractivity (Wildman–Crippen MR) is 52.4 cm³/mol. The van der Waals surface area contributed by atoms with E-state index in [9.17, 15) is 4.57 Å². The molecule has 0 aromatic carbocycles. The van der Waals surface area contributed by atoms with Crippen molar-refractivity contribution in [3.05, 3.63) is 12.0 Å². The van der Waals surface area contributed by atoms with Crippen LogP contribution in [-0.4, -0.2) is 30.4 Å². The monoisotopic (exact) mass is 200 g/mol. The lowest BCUT2D eigenvalue weighted by molar-refractivity contribution is 0.399. The Labute approximate surface area is 77.7 Å². The molecule has 72 valence electrons. The van der Waals surface area contributed by atoms with Crippen LogP contribution in [0.5, 0.6) is 5.88 Å². The third-order valence-electron chi connectivity index (χ3n) is 1.63. The first-order valence-electron chi connectivity index (χ1n) is 3.88. The van der Waals surface area contributed by atoms with Crippen molar-refractivity contribution in [2.45, 2.75) is 6.92 Å². The Balaban J connectivity index is 3.30. The van der Waals surface area contributed by atoms with Crippen molar-refractivity contribution < 1.29 is 9.30 Å². The van der Waals surface area contributed by atoms with Gasteiger partial charge in [-0.05, 0) is 20.3 Å². The average Bonchev–Trinajstić information content (AvgIpc) is 2.01. The molecule has 1 rings (SSSR count). The maximum absolute atomic E-state index is 11.7. The van der Waals surface area contributed by atoms with E-state index in [0.29, 0.717) is 17.0 Å². The molecule has 0 amide bonds. The molecular formula is C8H13N2O2P. The summed E-state index contributed by atoms with van der Waals surface area (Å²) in [6.07, 6.45) is 1.57. The Morgan fingerprint density at radius 3 is 2.54 bits per heavy atom. The van der Waals surface area contributed by atoms with Crippen LogP contribution in [0.25, 0.3) is 0 Å². The summed E-state index contributed by atoms with van der Waals surface area (Å²) in [6.45, 7) is 5.11. The second-order valence-corrected chi connectivity index (χ2v) is 6.35. The minimum Gasteiger partial charge on any atom is -0.480 e. The molecule has 0 aliphatic heterocycles. The highest BCUT2D eigenvalue weighted by Crippen LogP contribution is 2.37. The Morgan fingerprint density at radius 1 is 1.46 bits per heavy atom. The number of nitrogens with zero attached hydrogens (tertiary/aromatic N) is 2. The van der Waals surface area contributed by atoms with E-state index in [0.717, 1.165) is 0 Å². The first-order valence-corrected chi connectivity index (χ1v) is 6.48. The van der Waals surface area contributed by atoms with Gasteiger partial charge in [-0.25, -0.2) is 4.98 Å². The lowest BCUT2D eigenvalue weighted by atomic mass is 10.6. The summed E-state index contributed by atoms with van der Waals surface area (Å²) < 4.78 is 16.8. The van der Waals surface area contributed by atoms with Gasteiger partial charge in [0.1, 0.15) is 13.0 Å². The number of ether oxygens (including phenoxy) is 1. The molecule has 1 aromatic heterocycles. The maximum atomic E-state index is 11.7. The van der Waals surface area contributed by atoms with Gasteiger partial charge in [0.25, 0.3) is 0 Å².